The molecule has 2 saturated heterocycles. The second kappa shape index (κ2) is 6.53. The molecule has 1 aromatic carbocycles. The van der Waals surface area contributed by atoms with Gasteiger partial charge in [-0.05, 0) is 49.9 Å². The van der Waals surface area contributed by atoms with E-state index in [-0.39, 0.29) is 11.4 Å². The molecule has 0 unspecified atom stereocenters. The van der Waals surface area contributed by atoms with Crippen molar-refractivity contribution >= 4 is 20.0 Å². The number of rotatable bonds is 4. The van der Waals surface area contributed by atoms with Crippen LogP contribution in [-0.2, 0) is 20.0 Å². The van der Waals surface area contributed by atoms with Crippen molar-refractivity contribution < 1.29 is 21.6 Å². The first kappa shape index (κ1) is 18.6. The SMILES string of the molecule is COc1ccc(S(=O)(=O)N2CCC[C@]3(CCCN3S(C)(=O)=O)C2)cc1. The van der Waals surface area contributed by atoms with E-state index in [1.165, 1.54) is 34.1 Å². The first-order valence-corrected chi connectivity index (χ1v) is 11.6. The highest BCUT2D eigenvalue weighted by molar-refractivity contribution is 7.89. The number of hydrogen-bond acceptors (Lipinski definition) is 5. The number of nitrogens with zero attached hydrogens (tertiary/aromatic N) is 2. The molecule has 3 rings (SSSR count). The molecular weight excluding hydrogens is 364 g/mol. The molecule has 2 heterocycles. The Hall–Kier alpha value is -1.16. The van der Waals surface area contributed by atoms with Crippen molar-refractivity contribution in [2.75, 3.05) is 33.0 Å². The van der Waals surface area contributed by atoms with Crippen LogP contribution < -0.4 is 4.74 Å². The Labute approximate surface area is 149 Å². The summed E-state index contributed by atoms with van der Waals surface area (Å²) in [5.41, 5.74) is -0.606. The second-order valence-corrected chi connectivity index (χ2v) is 10.6. The normalized spacial score (nSPS) is 26.2. The van der Waals surface area contributed by atoms with E-state index < -0.39 is 25.6 Å². The molecule has 2 aliphatic rings. The van der Waals surface area contributed by atoms with Gasteiger partial charge < -0.3 is 4.74 Å². The largest absolute Gasteiger partial charge is 0.497 e. The standard InChI is InChI=1S/C16H24N2O5S2/c1-23-14-5-7-15(8-6-14)25(21,22)17-11-3-9-16(13-17)10-4-12-18(16)24(2,19)20/h5-8H,3-4,9-13H2,1-2H3/t16-/m0/s1. The second-order valence-electron chi connectivity index (χ2n) is 6.78. The van der Waals surface area contributed by atoms with Crippen LogP contribution in [0.3, 0.4) is 0 Å². The third kappa shape index (κ3) is 3.42. The lowest BCUT2D eigenvalue weighted by molar-refractivity contribution is 0.138. The Morgan fingerprint density at radius 3 is 2.16 bits per heavy atom. The van der Waals surface area contributed by atoms with E-state index in [1.54, 1.807) is 12.1 Å². The van der Waals surface area contributed by atoms with Crippen molar-refractivity contribution in [1.29, 1.82) is 0 Å². The third-order valence-corrected chi connectivity index (χ3v) is 8.38. The van der Waals surface area contributed by atoms with E-state index in [2.05, 4.69) is 0 Å². The van der Waals surface area contributed by atoms with E-state index in [9.17, 15) is 16.8 Å². The van der Waals surface area contributed by atoms with Crippen LogP contribution in [0.5, 0.6) is 5.75 Å². The molecule has 2 fully saturated rings. The maximum atomic E-state index is 13.0. The zero-order valence-electron chi connectivity index (χ0n) is 14.5. The van der Waals surface area contributed by atoms with E-state index in [0.29, 0.717) is 38.1 Å². The summed E-state index contributed by atoms with van der Waals surface area (Å²) in [6.07, 6.45) is 4.03. The van der Waals surface area contributed by atoms with Crippen molar-refractivity contribution in [3.05, 3.63) is 24.3 Å². The number of methoxy groups -OCH3 is 1. The quantitative estimate of drug-likeness (QED) is 0.776. The lowest BCUT2D eigenvalue weighted by Gasteiger charge is -2.44. The molecule has 0 aliphatic carbocycles. The molecule has 1 spiro atoms. The molecule has 1 atom stereocenters. The molecule has 0 radical (unpaired) electrons. The fraction of sp³-hybridized carbons (Fsp3) is 0.625. The fourth-order valence-corrected chi connectivity index (χ4v) is 6.97. The summed E-state index contributed by atoms with van der Waals surface area (Å²) in [5.74, 6) is 0.591. The molecule has 1 aromatic rings. The average Bonchev–Trinajstić information content (AvgIpc) is 2.98. The molecular formula is C16H24N2O5S2. The molecule has 9 heteroatoms. The van der Waals surface area contributed by atoms with Gasteiger partial charge in [-0.25, -0.2) is 16.8 Å². The maximum absolute atomic E-state index is 13.0. The molecule has 0 aromatic heterocycles. The van der Waals surface area contributed by atoms with Gasteiger partial charge in [-0.15, -0.1) is 0 Å². The summed E-state index contributed by atoms with van der Waals surface area (Å²) in [6.45, 7) is 1.09. The summed E-state index contributed by atoms with van der Waals surface area (Å²) in [7, 11) is -5.50. The number of benzene rings is 1. The van der Waals surface area contributed by atoms with Crippen molar-refractivity contribution in [2.24, 2.45) is 0 Å². The molecule has 7 nitrogen and oxygen atoms in total. The zero-order valence-corrected chi connectivity index (χ0v) is 16.1. The minimum atomic E-state index is -3.66. The number of piperidine rings is 1. The predicted molar refractivity (Wildman–Crippen MR) is 94.5 cm³/mol. The highest BCUT2D eigenvalue weighted by atomic mass is 32.2. The smallest absolute Gasteiger partial charge is 0.243 e. The number of ether oxygens (including phenoxy) is 1. The van der Waals surface area contributed by atoms with Crippen molar-refractivity contribution in [3.63, 3.8) is 0 Å². The van der Waals surface area contributed by atoms with Crippen LogP contribution in [0.2, 0.25) is 0 Å². The van der Waals surface area contributed by atoms with Crippen LogP contribution in [0.25, 0.3) is 0 Å². The van der Waals surface area contributed by atoms with Gasteiger partial charge in [0.15, 0.2) is 0 Å². The minimum Gasteiger partial charge on any atom is -0.497 e. The van der Waals surface area contributed by atoms with Crippen LogP contribution in [0.15, 0.2) is 29.2 Å². The van der Waals surface area contributed by atoms with E-state index in [1.807, 2.05) is 0 Å². The van der Waals surface area contributed by atoms with Crippen LogP contribution >= 0.6 is 0 Å². The predicted octanol–water partition coefficient (Wildman–Crippen LogP) is 1.27. The summed E-state index contributed by atoms with van der Waals surface area (Å²) in [5, 5.41) is 0. The summed E-state index contributed by atoms with van der Waals surface area (Å²) >= 11 is 0. The summed E-state index contributed by atoms with van der Waals surface area (Å²) in [6, 6.07) is 6.28. The maximum Gasteiger partial charge on any atom is 0.243 e. The first-order chi connectivity index (χ1) is 11.7. The third-order valence-electron chi connectivity index (χ3n) is 5.15. The van der Waals surface area contributed by atoms with Gasteiger partial charge in [-0.2, -0.15) is 8.61 Å². The molecule has 0 amide bonds. The van der Waals surface area contributed by atoms with E-state index >= 15 is 0 Å². The summed E-state index contributed by atoms with van der Waals surface area (Å²) < 4.78 is 58.3. The highest BCUT2D eigenvalue weighted by Crippen LogP contribution is 2.40. The van der Waals surface area contributed by atoms with Gasteiger partial charge in [0.1, 0.15) is 5.75 Å². The molecule has 0 bridgehead atoms. The van der Waals surface area contributed by atoms with Crippen molar-refractivity contribution in [2.45, 2.75) is 36.1 Å². The van der Waals surface area contributed by atoms with Gasteiger partial charge >= 0.3 is 0 Å². The van der Waals surface area contributed by atoms with Gasteiger partial charge in [0, 0.05) is 25.2 Å². The van der Waals surface area contributed by atoms with Crippen LogP contribution in [0.4, 0.5) is 0 Å². The van der Waals surface area contributed by atoms with Gasteiger partial charge in [0.05, 0.1) is 18.3 Å². The number of hydrogen-bond donors (Lipinski definition) is 0. The minimum absolute atomic E-state index is 0.203. The molecule has 140 valence electrons. The van der Waals surface area contributed by atoms with Crippen LogP contribution in [-0.4, -0.2) is 64.0 Å². The molecule has 2 aliphatic heterocycles. The Morgan fingerprint density at radius 1 is 1.00 bits per heavy atom. The molecule has 0 saturated carbocycles. The lowest BCUT2D eigenvalue weighted by Crippen LogP contribution is -2.58. The molecule has 25 heavy (non-hydrogen) atoms. The topological polar surface area (TPSA) is 84.0 Å². The van der Waals surface area contributed by atoms with Crippen molar-refractivity contribution in [1.82, 2.24) is 8.61 Å². The van der Waals surface area contributed by atoms with Crippen LogP contribution in [0.1, 0.15) is 25.7 Å². The Kier molecular flexibility index (Phi) is 4.87. The first-order valence-electron chi connectivity index (χ1n) is 8.31. The van der Waals surface area contributed by atoms with Gasteiger partial charge in [0.2, 0.25) is 20.0 Å². The van der Waals surface area contributed by atoms with Gasteiger partial charge in [-0.3, -0.25) is 0 Å². The van der Waals surface area contributed by atoms with Crippen molar-refractivity contribution in [3.8, 4) is 5.75 Å². The van der Waals surface area contributed by atoms with Gasteiger partial charge in [0.25, 0.3) is 0 Å². The van der Waals surface area contributed by atoms with Crippen LogP contribution in [0, 0.1) is 0 Å². The average molecular weight is 389 g/mol. The van der Waals surface area contributed by atoms with E-state index in [4.69, 9.17) is 4.74 Å². The summed E-state index contributed by atoms with van der Waals surface area (Å²) in [4.78, 5) is 0.203. The molecule has 0 N–H and O–H groups in total. The Bertz CT molecular complexity index is 836. The van der Waals surface area contributed by atoms with Gasteiger partial charge in [-0.1, -0.05) is 0 Å². The zero-order chi connectivity index (χ0) is 18.3. The monoisotopic (exact) mass is 388 g/mol. The Morgan fingerprint density at radius 2 is 1.60 bits per heavy atom. The number of sulfonamides is 2. The lowest BCUT2D eigenvalue weighted by atomic mass is 9.89. The fourth-order valence-electron chi connectivity index (χ4n) is 4.01. The Balaban J connectivity index is 1.90. The highest BCUT2D eigenvalue weighted by Gasteiger charge is 2.49. The van der Waals surface area contributed by atoms with E-state index in [0.717, 1.165) is 6.42 Å².